The zero-order valence-electron chi connectivity index (χ0n) is 17.3. The fourth-order valence-electron chi connectivity index (χ4n) is 3.71. The van der Waals surface area contributed by atoms with Crippen molar-refractivity contribution in [3.8, 4) is 11.5 Å². The molecule has 0 aliphatic carbocycles. The summed E-state index contributed by atoms with van der Waals surface area (Å²) in [4.78, 5) is 39.0. The summed E-state index contributed by atoms with van der Waals surface area (Å²) < 4.78 is 10.7. The van der Waals surface area contributed by atoms with Crippen LogP contribution in [0.4, 0.5) is 5.69 Å². The van der Waals surface area contributed by atoms with Crippen molar-refractivity contribution < 1.29 is 23.9 Å². The minimum atomic E-state index is -0.682. The first kappa shape index (κ1) is 20.7. The molecule has 0 bridgehead atoms. The second kappa shape index (κ2) is 9.07. The lowest BCUT2D eigenvalue weighted by molar-refractivity contribution is -0.130. The Morgan fingerprint density at radius 2 is 1.90 bits per heavy atom. The van der Waals surface area contributed by atoms with Crippen molar-refractivity contribution in [2.45, 2.75) is 25.8 Å². The summed E-state index contributed by atoms with van der Waals surface area (Å²) in [7, 11) is 0. The van der Waals surface area contributed by atoms with Crippen LogP contribution < -0.4 is 25.0 Å². The van der Waals surface area contributed by atoms with E-state index in [1.165, 1.54) is 0 Å². The Morgan fingerprint density at radius 3 is 2.71 bits per heavy atom. The molecule has 4 rings (SSSR count). The van der Waals surface area contributed by atoms with Crippen molar-refractivity contribution in [2.75, 3.05) is 24.8 Å². The molecule has 0 unspecified atom stereocenters. The molecule has 162 valence electrons. The summed E-state index contributed by atoms with van der Waals surface area (Å²) >= 11 is 0. The number of fused-ring (bicyclic) bond motifs is 1. The van der Waals surface area contributed by atoms with E-state index in [2.05, 4.69) is 10.6 Å². The van der Waals surface area contributed by atoms with Gasteiger partial charge in [-0.15, -0.1) is 0 Å². The summed E-state index contributed by atoms with van der Waals surface area (Å²) in [5, 5.41) is 5.57. The number of rotatable bonds is 7. The highest BCUT2D eigenvalue weighted by molar-refractivity contribution is 6.01. The van der Waals surface area contributed by atoms with Crippen LogP contribution in [0.15, 0.2) is 48.5 Å². The lowest BCUT2D eigenvalue weighted by Gasteiger charge is -2.18. The van der Waals surface area contributed by atoms with Gasteiger partial charge in [0, 0.05) is 31.3 Å². The zero-order chi connectivity index (χ0) is 21.8. The third kappa shape index (κ3) is 4.79. The van der Waals surface area contributed by atoms with Gasteiger partial charge >= 0.3 is 0 Å². The second-order valence-corrected chi connectivity index (χ2v) is 7.70. The van der Waals surface area contributed by atoms with Gasteiger partial charge < -0.3 is 25.0 Å². The Bertz CT molecular complexity index is 978. The largest absolute Gasteiger partial charge is 0.454 e. The van der Waals surface area contributed by atoms with E-state index in [1.54, 1.807) is 30.0 Å². The molecule has 2 aromatic carbocycles. The fraction of sp³-hybridized carbons (Fsp3) is 0.348. The highest BCUT2D eigenvalue weighted by Crippen LogP contribution is 2.37. The van der Waals surface area contributed by atoms with E-state index in [9.17, 15) is 14.4 Å². The first-order valence-electron chi connectivity index (χ1n) is 10.3. The molecule has 0 radical (unpaired) electrons. The molecular formula is C23H25N3O5. The molecule has 31 heavy (non-hydrogen) atoms. The van der Waals surface area contributed by atoms with Gasteiger partial charge in [0.25, 0.3) is 0 Å². The van der Waals surface area contributed by atoms with Gasteiger partial charge in [-0.05, 0) is 31.0 Å². The highest BCUT2D eigenvalue weighted by atomic mass is 16.7. The molecule has 0 spiro atoms. The Balaban J connectivity index is 1.27. The Kier molecular flexibility index (Phi) is 6.06. The van der Waals surface area contributed by atoms with E-state index in [0.29, 0.717) is 23.7 Å². The van der Waals surface area contributed by atoms with Gasteiger partial charge in [-0.1, -0.05) is 30.3 Å². The van der Waals surface area contributed by atoms with Gasteiger partial charge in [-0.25, -0.2) is 0 Å². The van der Waals surface area contributed by atoms with Crippen LogP contribution in [-0.4, -0.2) is 43.6 Å². The molecule has 0 aromatic heterocycles. The van der Waals surface area contributed by atoms with Gasteiger partial charge in [0.2, 0.25) is 24.5 Å². The van der Waals surface area contributed by atoms with Crippen LogP contribution in [0, 0.1) is 5.92 Å². The quantitative estimate of drug-likeness (QED) is 0.706. The molecule has 2 heterocycles. The van der Waals surface area contributed by atoms with Gasteiger partial charge in [-0.3, -0.25) is 14.4 Å². The molecule has 3 amide bonds. The summed E-state index contributed by atoms with van der Waals surface area (Å²) in [6, 6.07) is 14.4. The van der Waals surface area contributed by atoms with Crippen molar-refractivity contribution in [3.05, 3.63) is 54.1 Å². The summed E-state index contributed by atoms with van der Waals surface area (Å²) in [6.07, 6.45) is 0.817. The van der Waals surface area contributed by atoms with Crippen LogP contribution in [0.25, 0.3) is 0 Å². The number of nitrogens with one attached hydrogen (secondary N) is 2. The van der Waals surface area contributed by atoms with E-state index in [1.807, 2.05) is 30.3 Å². The summed E-state index contributed by atoms with van der Waals surface area (Å²) in [6.45, 7) is 2.54. The van der Waals surface area contributed by atoms with Crippen LogP contribution in [0.1, 0.15) is 18.9 Å². The third-order valence-corrected chi connectivity index (χ3v) is 5.47. The normalized spacial score (nSPS) is 18.0. The van der Waals surface area contributed by atoms with E-state index in [4.69, 9.17) is 9.47 Å². The molecule has 2 N–H and O–H groups in total. The lowest BCUT2D eigenvalue weighted by atomic mass is 10.1. The molecule has 2 aromatic rings. The third-order valence-electron chi connectivity index (χ3n) is 5.47. The number of nitrogens with zero attached hydrogens (tertiary/aromatic N) is 1. The number of anilines is 1. The SMILES string of the molecule is C[C@H](NC(=O)[C@@H]1CC(=O)N(c2ccc3c(c2)OCO3)C1)C(=O)NCCc1ccccc1. The van der Waals surface area contributed by atoms with Gasteiger partial charge in [0.05, 0.1) is 5.92 Å². The zero-order valence-corrected chi connectivity index (χ0v) is 17.3. The maximum Gasteiger partial charge on any atom is 0.242 e. The standard InChI is InChI=1S/C23H25N3O5/c1-15(22(28)24-10-9-16-5-3-2-4-6-16)25-23(29)17-11-21(27)26(13-17)18-7-8-19-20(12-18)31-14-30-19/h2-8,12,15,17H,9-11,13-14H2,1H3,(H,24,28)(H,25,29)/t15-,17+/m0/s1. The number of amides is 3. The number of hydrogen-bond acceptors (Lipinski definition) is 5. The molecule has 2 aliphatic rings. The average molecular weight is 423 g/mol. The molecular weight excluding hydrogens is 398 g/mol. The lowest BCUT2D eigenvalue weighted by Crippen LogP contribution is -2.47. The number of benzene rings is 2. The van der Waals surface area contributed by atoms with Crippen molar-refractivity contribution >= 4 is 23.4 Å². The Labute approximate surface area is 180 Å². The number of carbonyl (C=O) groups is 3. The monoisotopic (exact) mass is 423 g/mol. The number of hydrogen-bond donors (Lipinski definition) is 2. The Morgan fingerprint density at radius 1 is 1.13 bits per heavy atom. The van der Waals surface area contributed by atoms with E-state index < -0.39 is 12.0 Å². The predicted molar refractivity (Wildman–Crippen MR) is 114 cm³/mol. The minimum absolute atomic E-state index is 0.0998. The molecule has 8 heteroatoms. The van der Waals surface area contributed by atoms with Crippen LogP contribution in [-0.2, 0) is 20.8 Å². The molecule has 1 saturated heterocycles. The van der Waals surface area contributed by atoms with Gasteiger partial charge in [0.15, 0.2) is 11.5 Å². The van der Waals surface area contributed by atoms with E-state index in [-0.39, 0.29) is 37.5 Å². The van der Waals surface area contributed by atoms with Gasteiger partial charge in [-0.2, -0.15) is 0 Å². The molecule has 1 fully saturated rings. The van der Waals surface area contributed by atoms with E-state index in [0.717, 1.165) is 12.0 Å². The van der Waals surface area contributed by atoms with Crippen LogP contribution in [0.3, 0.4) is 0 Å². The van der Waals surface area contributed by atoms with Crippen LogP contribution in [0.2, 0.25) is 0 Å². The first-order chi connectivity index (χ1) is 15.0. The van der Waals surface area contributed by atoms with Crippen molar-refractivity contribution in [1.82, 2.24) is 10.6 Å². The first-order valence-corrected chi connectivity index (χ1v) is 10.3. The molecule has 2 aliphatic heterocycles. The maximum atomic E-state index is 12.7. The number of ether oxygens (including phenoxy) is 2. The maximum absolute atomic E-state index is 12.7. The Hall–Kier alpha value is -3.55. The molecule has 8 nitrogen and oxygen atoms in total. The van der Waals surface area contributed by atoms with Gasteiger partial charge in [0.1, 0.15) is 6.04 Å². The van der Waals surface area contributed by atoms with Crippen molar-refractivity contribution in [1.29, 1.82) is 0 Å². The number of carbonyl (C=O) groups excluding carboxylic acids is 3. The second-order valence-electron chi connectivity index (χ2n) is 7.70. The molecule has 2 atom stereocenters. The van der Waals surface area contributed by atoms with E-state index >= 15 is 0 Å². The highest BCUT2D eigenvalue weighted by Gasteiger charge is 2.36. The summed E-state index contributed by atoms with van der Waals surface area (Å²) in [5.41, 5.74) is 1.80. The molecule has 0 saturated carbocycles. The average Bonchev–Trinajstić information content (AvgIpc) is 3.40. The minimum Gasteiger partial charge on any atom is -0.454 e. The fourth-order valence-corrected chi connectivity index (χ4v) is 3.71. The van der Waals surface area contributed by atoms with Crippen molar-refractivity contribution in [2.24, 2.45) is 5.92 Å². The van der Waals surface area contributed by atoms with Crippen LogP contribution in [0.5, 0.6) is 11.5 Å². The topological polar surface area (TPSA) is 97.0 Å². The smallest absolute Gasteiger partial charge is 0.242 e. The predicted octanol–water partition coefficient (Wildman–Crippen LogP) is 1.63. The van der Waals surface area contributed by atoms with Crippen LogP contribution >= 0.6 is 0 Å². The van der Waals surface area contributed by atoms with Crippen molar-refractivity contribution in [3.63, 3.8) is 0 Å². The summed E-state index contributed by atoms with van der Waals surface area (Å²) in [5.74, 6) is 0.01000.